The number of rotatable bonds is 5. The Morgan fingerprint density at radius 3 is 2.06 bits per heavy atom. The molecule has 0 saturated heterocycles. The molecule has 1 aromatic carbocycles. The zero-order valence-electron chi connectivity index (χ0n) is 10.8. The second kappa shape index (κ2) is 5.91. The Balaban J connectivity index is 2.92. The van der Waals surface area contributed by atoms with Gasteiger partial charge in [-0.1, -0.05) is 17.7 Å². The molecule has 0 aliphatic heterocycles. The van der Waals surface area contributed by atoms with E-state index in [1.54, 1.807) is 0 Å². The van der Waals surface area contributed by atoms with Gasteiger partial charge in [0.05, 0.1) is 5.75 Å². The van der Waals surface area contributed by atoms with Crippen LogP contribution < -0.4 is 5.73 Å². The summed E-state index contributed by atoms with van der Waals surface area (Å²) in [7, 11) is -1.53. The van der Waals surface area contributed by atoms with Gasteiger partial charge in [-0.15, -0.1) is 0 Å². The molecule has 1 rings (SSSR count). The normalized spacial score (nSPS) is 12.2. The quantitative estimate of drug-likeness (QED) is 0.809. The van der Waals surface area contributed by atoms with Gasteiger partial charge in [-0.25, -0.2) is 0 Å². The van der Waals surface area contributed by atoms with Crippen LogP contribution in [0.25, 0.3) is 0 Å². The first-order valence-electron chi connectivity index (χ1n) is 5.55. The highest BCUT2D eigenvalue weighted by molar-refractivity contribution is 7.86. The molecule has 0 aromatic heterocycles. The molecule has 0 aliphatic carbocycles. The topological polar surface area (TPSA) is 77.2 Å². The molecule has 1 aromatic rings. The van der Waals surface area contributed by atoms with E-state index < -0.39 is 16.7 Å². The fourth-order valence-electron chi connectivity index (χ4n) is 2.05. The van der Waals surface area contributed by atoms with Crippen molar-refractivity contribution in [3.63, 3.8) is 0 Å². The lowest BCUT2D eigenvalue weighted by molar-refractivity contribution is -0.115. The molecule has 18 heavy (non-hydrogen) atoms. The Hall–Kier alpha value is -1.49. The molecule has 2 N–H and O–H groups in total. The van der Waals surface area contributed by atoms with Gasteiger partial charge in [0.25, 0.3) is 0 Å². The summed E-state index contributed by atoms with van der Waals surface area (Å²) in [6.45, 7) is 5.66. The molecule has 0 spiro atoms. The molecule has 1 unspecified atom stereocenters. The lowest BCUT2D eigenvalue weighted by atomic mass is 9.97. The summed E-state index contributed by atoms with van der Waals surface area (Å²) in [5, 5.41) is 0. The van der Waals surface area contributed by atoms with Crippen molar-refractivity contribution in [1.82, 2.24) is 0 Å². The third-order valence-corrected chi connectivity index (χ3v) is 3.74. The van der Waals surface area contributed by atoms with Gasteiger partial charge in [0.1, 0.15) is 5.75 Å². The van der Waals surface area contributed by atoms with E-state index in [-0.39, 0.29) is 17.3 Å². The third kappa shape index (κ3) is 3.77. The Kier molecular flexibility index (Phi) is 4.78. The van der Waals surface area contributed by atoms with Gasteiger partial charge in [-0.2, -0.15) is 0 Å². The second-order valence-electron chi connectivity index (χ2n) is 4.39. The van der Waals surface area contributed by atoms with Gasteiger partial charge in [-0.3, -0.25) is 13.8 Å². The van der Waals surface area contributed by atoms with E-state index in [2.05, 4.69) is 0 Å². The summed E-state index contributed by atoms with van der Waals surface area (Å²) >= 11 is 0. The van der Waals surface area contributed by atoms with E-state index in [0.717, 1.165) is 16.7 Å². The van der Waals surface area contributed by atoms with Gasteiger partial charge < -0.3 is 5.73 Å². The standard InChI is InChI=1S/C13H17NO3S/c1-8-4-9(2)13(10(3)5-8)11(15)6-18(17)7-12(14)16/h4-5H,6-7H2,1-3H3,(H2,14,16). The number of hydrogen-bond acceptors (Lipinski definition) is 3. The van der Waals surface area contributed by atoms with Crippen LogP contribution in [0.1, 0.15) is 27.0 Å². The van der Waals surface area contributed by atoms with E-state index >= 15 is 0 Å². The fourth-order valence-corrected chi connectivity index (χ4v) is 2.90. The second-order valence-corrected chi connectivity index (χ2v) is 5.85. The summed E-state index contributed by atoms with van der Waals surface area (Å²) < 4.78 is 11.5. The monoisotopic (exact) mass is 267 g/mol. The molecular formula is C13H17NO3S. The van der Waals surface area contributed by atoms with Gasteiger partial charge in [-0.05, 0) is 31.9 Å². The van der Waals surface area contributed by atoms with Crippen LogP contribution in [0.2, 0.25) is 0 Å². The Morgan fingerprint density at radius 2 is 1.61 bits per heavy atom. The van der Waals surface area contributed by atoms with Crippen LogP contribution in [0.4, 0.5) is 0 Å². The zero-order chi connectivity index (χ0) is 13.9. The minimum absolute atomic E-state index is 0.159. The summed E-state index contributed by atoms with van der Waals surface area (Å²) in [5.74, 6) is -1.29. The largest absolute Gasteiger partial charge is 0.369 e. The SMILES string of the molecule is Cc1cc(C)c(C(=O)CS(=O)CC(N)=O)c(C)c1. The molecule has 0 fully saturated rings. The van der Waals surface area contributed by atoms with Crippen LogP contribution in [0.5, 0.6) is 0 Å². The Labute approximate surface area is 109 Å². The number of nitrogens with two attached hydrogens (primary N) is 1. The number of carbonyl (C=O) groups excluding carboxylic acids is 2. The highest BCUT2D eigenvalue weighted by Crippen LogP contribution is 2.17. The van der Waals surface area contributed by atoms with Crippen LogP contribution >= 0.6 is 0 Å². The summed E-state index contributed by atoms with van der Waals surface area (Å²) in [5.41, 5.74) is 8.36. The average Bonchev–Trinajstić information content (AvgIpc) is 2.12. The zero-order valence-corrected chi connectivity index (χ0v) is 11.6. The van der Waals surface area contributed by atoms with Crippen molar-refractivity contribution in [3.8, 4) is 0 Å². The van der Waals surface area contributed by atoms with Crippen molar-refractivity contribution < 1.29 is 13.8 Å². The lowest BCUT2D eigenvalue weighted by Crippen LogP contribution is -2.24. The maximum Gasteiger partial charge on any atom is 0.230 e. The first kappa shape index (κ1) is 14.6. The van der Waals surface area contributed by atoms with Crippen LogP contribution in [0, 0.1) is 20.8 Å². The number of hydrogen-bond donors (Lipinski definition) is 1. The number of carbonyl (C=O) groups is 2. The highest BCUT2D eigenvalue weighted by atomic mass is 32.2. The molecule has 0 aliphatic rings. The maximum atomic E-state index is 12.0. The van der Waals surface area contributed by atoms with Crippen molar-refractivity contribution in [2.24, 2.45) is 5.73 Å². The Morgan fingerprint density at radius 1 is 1.11 bits per heavy atom. The molecule has 0 heterocycles. The molecule has 1 atom stereocenters. The van der Waals surface area contributed by atoms with Crippen LogP contribution in [-0.4, -0.2) is 27.4 Å². The molecule has 0 saturated carbocycles. The van der Waals surface area contributed by atoms with Gasteiger partial charge >= 0.3 is 0 Å². The van der Waals surface area contributed by atoms with E-state index in [0.29, 0.717) is 5.56 Å². The van der Waals surface area contributed by atoms with Gasteiger partial charge in [0.2, 0.25) is 5.91 Å². The van der Waals surface area contributed by atoms with Crippen molar-refractivity contribution in [1.29, 1.82) is 0 Å². The smallest absolute Gasteiger partial charge is 0.230 e. The molecule has 5 heteroatoms. The lowest BCUT2D eigenvalue weighted by Gasteiger charge is -2.09. The first-order valence-corrected chi connectivity index (χ1v) is 7.04. The van der Waals surface area contributed by atoms with Crippen molar-refractivity contribution >= 4 is 22.5 Å². The summed E-state index contributed by atoms with van der Waals surface area (Å²) in [6.07, 6.45) is 0. The van der Waals surface area contributed by atoms with Crippen LogP contribution in [0.3, 0.4) is 0 Å². The number of ketones is 1. The van der Waals surface area contributed by atoms with E-state index in [1.165, 1.54) is 0 Å². The maximum absolute atomic E-state index is 12.0. The number of benzene rings is 1. The minimum atomic E-state index is -1.53. The van der Waals surface area contributed by atoms with E-state index in [1.807, 2.05) is 32.9 Å². The minimum Gasteiger partial charge on any atom is -0.369 e. The molecule has 4 nitrogen and oxygen atoms in total. The molecule has 0 radical (unpaired) electrons. The molecule has 98 valence electrons. The van der Waals surface area contributed by atoms with Crippen LogP contribution in [0.15, 0.2) is 12.1 Å². The first-order chi connectivity index (χ1) is 8.31. The average molecular weight is 267 g/mol. The number of primary amides is 1. The highest BCUT2D eigenvalue weighted by Gasteiger charge is 2.16. The van der Waals surface area contributed by atoms with Crippen LogP contribution in [-0.2, 0) is 15.6 Å². The van der Waals surface area contributed by atoms with Crippen molar-refractivity contribution in [2.45, 2.75) is 20.8 Å². The Bertz CT molecular complexity index is 500. The number of aryl methyl sites for hydroxylation is 3. The van der Waals surface area contributed by atoms with Gasteiger partial charge in [0, 0.05) is 16.4 Å². The van der Waals surface area contributed by atoms with Crippen molar-refractivity contribution in [2.75, 3.05) is 11.5 Å². The van der Waals surface area contributed by atoms with Gasteiger partial charge in [0.15, 0.2) is 5.78 Å². The number of amides is 1. The van der Waals surface area contributed by atoms with Crippen molar-refractivity contribution in [3.05, 3.63) is 34.4 Å². The predicted molar refractivity (Wildman–Crippen MR) is 72.1 cm³/mol. The third-order valence-electron chi connectivity index (χ3n) is 2.55. The van der Waals surface area contributed by atoms with E-state index in [4.69, 9.17) is 5.73 Å². The fraction of sp³-hybridized carbons (Fsp3) is 0.385. The summed E-state index contributed by atoms with van der Waals surface area (Å²) in [6, 6.07) is 3.83. The predicted octanol–water partition coefficient (Wildman–Crippen LogP) is 1.03. The number of Topliss-reactive ketones (excluding diaryl/α,β-unsaturated/α-hetero) is 1. The van der Waals surface area contributed by atoms with E-state index in [9.17, 15) is 13.8 Å². The molecular weight excluding hydrogens is 250 g/mol. The molecule has 1 amide bonds. The summed E-state index contributed by atoms with van der Waals surface area (Å²) in [4.78, 5) is 22.7. The molecule has 0 bridgehead atoms.